The van der Waals surface area contributed by atoms with Crippen molar-refractivity contribution in [3.8, 4) is 5.75 Å². The zero-order valence-corrected chi connectivity index (χ0v) is 12.7. The van der Waals surface area contributed by atoms with Crippen LogP contribution in [0.4, 0.5) is 0 Å². The van der Waals surface area contributed by atoms with E-state index in [1.807, 2.05) is 48.5 Å². The molecule has 3 nitrogen and oxygen atoms in total. The van der Waals surface area contributed by atoms with Crippen molar-refractivity contribution < 1.29 is 4.74 Å². The van der Waals surface area contributed by atoms with Crippen LogP contribution in [0.3, 0.4) is 0 Å². The van der Waals surface area contributed by atoms with E-state index in [4.69, 9.17) is 16.2 Å². The van der Waals surface area contributed by atoms with Crippen molar-refractivity contribution in [1.29, 1.82) is 0 Å². The Hall–Kier alpha value is -1.11. The zero-order chi connectivity index (χ0) is 13.7. The summed E-state index contributed by atoms with van der Waals surface area (Å²) in [5, 5.41) is 0. The van der Waals surface area contributed by atoms with Gasteiger partial charge in [-0.1, -0.05) is 30.3 Å². The normalized spacial score (nSPS) is 12.2. The Morgan fingerprint density at radius 1 is 1.11 bits per heavy atom. The first kappa shape index (κ1) is 14.3. The molecule has 2 rings (SSSR count). The summed E-state index contributed by atoms with van der Waals surface area (Å²) in [6.07, 6.45) is 0. The second-order valence-corrected chi connectivity index (χ2v) is 5.54. The van der Waals surface area contributed by atoms with Crippen molar-refractivity contribution in [2.24, 2.45) is 11.5 Å². The average Bonchev–Trinajstić information content (AvgIpc) is 2.46. The zero-order valence-electron chi connectivity index (χ0n) is 10.6. The molecule has 0 aliphatic rings. The van der Waals surface area contributed by atoms with Crippen molar-refractivity contribution in [3.63, 3.8) is 0 Å². The van der Waals surface area contributed by atoms with Crippen LogP contribution in [-0.2, 0) is 6.61 Å². The molecule has 0 saturated heterocycles. The summed E-state index contributed by atoms with van der Waals surface area (Å²) in [6, 6.07) is 15.9. The minimum Gasteiger partial charge on any atom is -0.489 e. The number of ether oxygens (including phenoxy) is 1. The van der Waals surface area contributed by atoms with Crippen LogP contribution in [0, 0.1) is 3.57 Å². The molecule has 0 radical (unpaired) electrons. The Labute approximate surface area is 127 Å². The van der Waals surface area contributed by atoms with Gasteiger partial charge >= 0.3 is 0 Å². The van der Waals surface area contributed by atoms with E-state index < -0.39 is 0 Å². The highest BCUT2D eigenvalue weighted by molar-refractivity contribution is 14.1. The summed E-state index contributed by atoms with van der Waals surface area (Å²) < 4.78 is 6.99. The Morgan fingerprint density at radius 2 is 1.84 bits per heavy atom. The minimum atomic E-state index is -0.194. The minimum absolute atomic E-state index is 0.194. The predicted molar refractivity (Wildman–Crippen MR) is 85.9 cm³/mol. The van der Waals surface area contributed by atoms with Crippen molar-refractivity contribution in [2.45, 2.75) is 12.6 Å². The molecule has 2 aromatic rings. The van der Waals surface area contributed by atoms with Gasteiger partial charge in [-0.2, -0.15) is 0 Å². The number of hydrogen-bond donors (Lipinski definition) is 2. The topological polar surface area (TPSA) is 61.3 Å². The maximum atomic E-state index is 6.02. The fourth-order valence-corrected chi connectivity index (χ4v) is 2.32. The largest absolute Gasteiger partial charge is 0.489 e. The van der Waals surface area contributed by atoms with E-state index in [1.165, 1.54) is 0 Å². The molecule has 100 valence electrons. The number of halogens is 1. The van der Waals surface area contributed by atoms with Gasteiger partial charge < -0.3 is 16.2 Å². The summed E-state index contributed by atoms with van der Waals surface area (Å²) in [5.41, 5.74) is 13.8. The van der Waals surface area contributed by atoms with Gasteiger partial charge in [0, 0.05) is 21.7 Å². The lowest BCUT2D eigenvalue weighted by molar-refractivity contribution is 0.301. The maximum absolute atomic E-state index is 6.02. The van der Waals surface area contributed by atoms with Crippen LogP contribution >= 0.6 is 22.6 Å². The molecule has 0 bridgehead atoms. The molecule has 0 spiro atoms. The smallest absolute Gasteiger partial charge is 0.124 e. The third kappa shape index (κ3) is 3.92. The Balaban J connectivity index is 2.15. The van der Waals surface area contributed by atoms with E-state index in [2.05, 4.69) is 22.6 Å². The molecule has 4 heteroatoms. The summed E-state index contributed by atoms with van der Waals surface area (Å²) in [6.45, 7) is 0.938. The molecule has 1 unspecified atom stereocenters. The summed E-state index contributed by atoms with van der Waals surface area (Å²) in [7, 11) is 0. The Morgan fingerprint density at radius 3 is 2.53 bits per heavy atom. The molecule has 19 heavy (non-hydrogen) atoms. The van der Waals surface area contributed by atoms with Gasteiger partial charge in [-0.05, 0) is 46.4 Å². The fourth-order valence-electron chi connectivity index (χ4n) is 1.80. The number of nitrogens with two attached hydrogens (primary N) is 2. The van der Waals surface area contributed by atoms with Gasteiger partial charge in [0.2, 0.25) is 0 Å². The highest BCUT2D eigenvalue weighted by atomic mass is 127. The second-order valence-electron chi connectivity index (χ2n) is 4.30. The van der Waals surface area contributed by atoms with E-state index in [1.54, 1.807) is 0 Å². The summed E-state index contributed by atoms with van der Waals surface area (Å²) >= 11 is 2.26. The first-order valence-electron chi connectivity index (χ1n) is 6.12. The van der Waals surface area contributed by atoms with Gasteiger partial charge in [0.15, 0.2) is 0 Å². The third-order valence-corrected chi connectivity index (χ3v) is 3.53. The van der Waals surface area contributed by atoms with Crippen molar-refractivity contribution in [3.05, 3.63) is 63.2 Å². The SMILES string of the molecule is NCC(N)c1cc(I)ccc1OCc1ccccc1. The van der Waals surface area contributed by atoms with E-state index in [-0.39, 0.29) is 6.04 Å². The molecule has 0 heterocycles. The predicted octanol–water partition coefficient (Wildman–Crippen LogP) is 2.83. The summed E-state index contributed by atoms with van der Waals surface area (Å²) in [5.74, 6) is 0.808. The van der Waals surface area contributed by atoms with E-state index in [0.717, 1.165) is 20.4 Å². The van der Waals surface area contributed by atoms with Crippen LogP contribution in [0.15, 0.2) is 48.5 Å². The van der Waals surface area contributed by atoms with E-state index >= 15 is 0 Å². The van der Waals surface area contributed by atoms with Crippen LogP contribution in [0.5, 0.6) is 5.75 Å². The molecule has 4 N–H and O–H groups in total. The van der Waals surface area contributed by atoms with Crippen molar-refractivity contribution in [1.82, 2.24) is 0 Å². The molecule has 0 aromatic heterocycles. The number of benzene rings is 2. The van der Waals surface area contributed by atoms with Crippen molar-refractivity contribution in [2.75, 3.05) is 6.54 Å². The molecule has 0 amide bonds. The van der Waals surface area contributed by atoms with E-state index in [9.17, 15) is 0 Å². The monoisotopic (exact) mass is 368 g/mol. The Bertz CT molecular complexity index is 531. The van der Waals surface area contributed by atoms with Crippen molar-refractivity contribution >= 4 is 22.6 Å². The van der Waals surface area contributed by atoms with Crippen LogP contribution in [-0.4, -0.2) is 6.54 Å². The standard InChI is InChI=1S/C15H17IN2O/c16-12-6-7-15(13(8-12)14(18)9-17)19-10-11-4-2-1-3-5-11/h1-8,14H,9-10,17-18H2. The molecule has 0 fully saturated rings. The maximum Gasteiger partial charge on any atom is 0.124 e. The average molecular weight is 368 g/mol. The van der Waals surface area contributed by atoms with Gasteiger partial charge in [-0.25, -0.2) is 0 Å². The van der Waals surface area contributed by atoms with Gasteiger partial charge in [0.1, 0.15) is 12.4 Å². The third-order valence-electron chi connectivity index (χ3n) is 2.86. The van der Waals surface area contributed by atoms with Crippen LogP contribution < -0.4 is 16.2 Å². The van der Waals surface area contributed by atoms with E-state index in [0.29, 0.717) is 13.2 Å². The summed E-state index contributed by atoms with van der Waals surface area (Å²) in [4.78, 5) is 0. The van der Waals surface area contributed by atoms with Crippen LogP contribution in [0.1, 0.15) is 17.2 Å². The van der Waals surface area contributed by atoms with Gasteiger partial charge in [-0.15, -0.1) is 0 Å². The van der Waals surface area contributed by atoms with Crippen LogP contribution in [0.25, 0.3) is 0 Å². The van der Waals surface area contributed by atoms with Gasteiger partial charge in [-0.3, -0.25) is 0 Å². The first-order chi connectivity index (χ1) is 9.20. The lowest BCUT2D eigenvalue weighted by atomic mass is 10.1. The molecule has 0 aliphatic carbocycles. The number of hydrogen-bond acceptors (Lipinski definition) is 3. The lowest BCUT2D eigenvalue weighted by Crippen LogP contribution is -2.21. The van der Waals surface area contributed by atoms with Gasteiger partial charge in [0.25, 0.3) is 0 Å². The highest BCUT2D eigenvalue weighted by Crippen LogP contribution is 2.26. The second kappa shape index (κ2) is 6.88. The quantitative estimate of drug-likeness (QED) is 0.798. The van der Waals surface area contributed by atoms with Gasteiger partial charge in [0.05, 0.1) is 0 Å². The number of rotatable bonds is 5. The molecule has 1 atom stereocenters. The first-order valence-corrected chi connectivity index (χ1v) is 7.20. The lowest BCUT2D eigenvalue weighted by Gasteiger charge is -2.16. The highest BCUT2D eigenvalue weighted by Gasteiger charge is 2.11. The molecule has 0 saturated carbocycles. The molecular formula is C15H17IN2O. The fraction of sp³-hybridized carbons (Fsp3) is 0.200. The Kier molecular flexibility index (Phi) is 5.18. The molecule has 2 aromatic carbocycles. The molecular weight excluding hydrogens is 351 g/mol. The van der Waals surface area contributed by atoms with Crippen LogP contribution in [0.2, 0.25) is 0 Å². The molecule has 0 aliphatic heterocycles.